The number of anilines is 1. The molecule has 0 atom stereocenters. The third-order valence-electron chi connectivity index (χ3n) is 3.88. The summed E-state index contributed by atoms with van der Waals surface area (Å²) < 4.78 is 5.37. The van der Waals surface area contributed by atoms with Gasteiger partial charge in [-0.2, -0.15) is 0 Å². The van der Waals surface area contributed by atoms with E-state index >= 15 is 0 Å². The number of esters is 1. The molecule has 0 radical (unpaired) electrons. The molecule has 132 valence electrons. The number of ether oxygens (including phenoxy) is 1. The van der Waals surface area contributed by atoms with Crippen molar-refractivity contribution < 1.29 is 14.3 Å². The van der Waals surface area contributed by atoms with Crippen molar-refractivity contribution in [2.45, 2.75) is 0 Å². The van der Waals surface area contributed by atoms with Gasteiger partial charge in [0.05, 0.1) is 10.4 Å². The van der Waals surface area contributed by atoms with Crippen LogP contribution in [0.3, 0.4) is 0 Å². The lowest BCUT2D eigenvalue weighted by Gasteiger charge is -2.07. The summed E-state index contributed by atoms with van der Waals surface area (Å²) in [5.41, 5.74) is 1.60. The summed E-state index contributed by atoms with van der Waals surface area (Å²) in [4.78, 5) is 29.3. The fourth-order valence-corrected chi connectivity index (χ4v) is 3.16. The van der Waals surface area contributed by atoms with Gasteiger partial charge in [-0.1, -0.05) is 30.3 Å². The van der Waals surface area contributed by atoms with Crippen LogP contribution in [-0.4, -0.2) is 16.9 Å². The number of amides is 1. The lowest BCUT2D eigenvalue weighted by molar-refractivity contribution is 0.0728. The Bertz CT molecular complexity index is 1110. The average molecular weight is 374 g/mol. The van der Waals surface area contributed by atoms with Crippen LogP contribution in [0.5, 0.6) is 5.75 Å². The Morgan fingerprint density at radius 2 is 1.70 bits per heavy atom. The maximum Gasteiger partial charge on any atom is 0.362 e. The van der Waals surface area contributed by atoms with Crippen LogP contribution in [0.25, 0.3) is 10.9 Å². The fraction of sp³-hybridized carbons (Fsp3) is 0. The van der Waals surface area contributed by atoms with E-state index in [-0.39, 0.29) is 11.6 Å². The molecule has 4 rings (SSSR count). The summed E-state index contributed by atoms with van der Waals surface area (Å²) in [5.74, 6) is -0.324. The summed E-state index contributed by atoms with van der Waals surface area (Å²) in [6.45, 7) is 0. The summed E-state index contributed by atoms with van der Waals surface area (Å²) in [6, 6.07) is 21.2. The van der Waals surface area contributed by atoms with Crippen molar-refractivity contribution in [2.24, 2.45) is 0 Å². The van der Waals surface area contributed by atoms with E-state index in [1.54, 1.807) is 36.4 Å². The van der Waals surface area contributed by atoms with E-state index in [4.69, 9.17) is 4.74 Å². The van der Waals surface area contributed by atoms with Gasteiger partial charge in [-0.05, 0) is 47.8 Å². The van der Waals surface area contributed by atoms with E-state index < -0.39 is 5.97 Å². The van der Waals surface area contributed by atoms with Gasteiger partial charge in [0, 0.05) is 11.1 Å². The van der Waals surface area contributed by atoms with Crippen molar-refractivity contribution in [2.75, 3.05) is 5.32 Å². The molecule has 0 fully saturated rings. The van der Waals surface area contributed by atoms with Crippen LogP contribution in [0.1, 0.15) is 20.2 Å². The highest BCUT2D eigenvalue weighted by molar-refractivity contribution is 7.12. The maximum atomic E-state index is 12.3. The molecule has 1 N–H and O–H groups in total. The van der Waals surface area contributed by atoms with Crippen molar-refractivity contribution in [1.29, 1.82) is 0 Å². The Balaban J connectivity index is 1.44. The molecule has 0 spiro atoms. The van der Waals surface area contributed by atoms with E-state index in [1.165, 1.54) is 11.3 Å². The van der Waals surface area contributed by atoms with Crippen LogP contribution >= 0.6 is 11.3 Å². The van der Waals surface area contributed by atoms with Crippen molar-refractivity contribution >= 4 is 39.8 Å². The number of nitrogens with zero attached hydrogens (tertiary/aromatic N) is 1. The molecule has 2 aromatic carbocycles. The van der Waals surface area contributed by atoms with Crippen molar-refractivity contribution in [3.8, 4) is 5.75 Å². The highest BCUT2D eigenvalue weighted by Gasteiger charge is 2.12. The van der Waals surface area contributed by atoms with E-state index in [1.807, 2.05) is 41.8 Å². The lowest BCUT2D eigenvalue weighted by Crippen LogP contribution is -2.11. The third kappa shape index (κ3) is 3.86. The first-order valence-corrected chi connectivity index (χ1v) is 9.10. The van der Waals surface area contributed by atoms with Crippen LogP contribution in [0.2, 0.25) is 0 Å². The molecule has 0 unspecified atom stereocenters. The molecule has 2 heterocycles. The number of nitrogens with one attached hydrogen (secondary N) is 1. The first-order valence-electron chi connectivity index (χ1n) is 8.22. The molecule has 0 aliphatic carbocycles. The minimum Gasteiger partial charge on any atom is -0.422 e. The quantitative estimate of drug-likeness (QED) is 0.413. The van der Waals surface area contributed by atoms with Gasteiger partial charge in [0.25, 0.3) is 5.91 Å². The Hall–Kier alpha value is -3.51. The fourth-order valence-electron chi connectivity index (χ4n) is 2.55. The number of aromatic nitrogens is 1. The van der Waals surface area contributed by atoms with Crippen LogP contribution in [-0.2, 0) is 0 Å². The number of pyridine rings is 1. The zero-order valence-corrected chi connectivity index (χ0v) is 14.9. The molecular weight excluding hydrogens is 360 g/mol. The molecule has 4 aromatic rings. The van der Waals surface area contributed by atoms with E-state index in [9.17, 15) is 9.59 Å². The second-order valence-corrected chi connectivity index (χ2v) is 6.68. The van der Waals surface area contributed by atoms with Gasteiger partial charge < -0.3 is 10.1 Å². The van der Waals surface area contributed by atoms with E-state index in [2.05, 4.69) is 10.3 Å². The second kappa shape index (κ2) is 7.39. The molecule has 6 heteroatoms. The molecule has 5 nitrogen and oxygen atoms in total. The average Bonchev–Trinajstić information content (AvgIpc) is 3.24. The van der Waals surface area contributed by atoms with Crippen molar-refractivity contribution in [3.05, 3.63) is 88.7 Å². The highest BCUT2D eigenvalue weighted by atomic mass is 32.1. The van der Waals surface area contributed by atoms with Gasteiger partial charge in [-0.25, -0.2) is 9.78 Å². The number of hydrogen-bond acceptors (Lipinski definition) is 5. The minimum atomic E-state index is -0.531. The lowest BCUT2D eigenvalue weighted by atomic mass is 10.2. The molecule has 0 aliphatic heterocycles. The molecule has 2 aromatic heterocycles. The predicted molar refractivity (Wildman–Crippen MR) is 105 cm³/mol. The highest BCUT2D eigenvalue weighted by Crippen LogP contribution is 2.19. The first kappa shape index (κ1) is 16.9. The number of fused-ring (bicyclic) bond motifs is 1. The Kier molecular flexibility index (Phi) is 4.63. The maximum absolute atomic E-state index is 12.3. The van der Waals surface area contributed by atoms with Crippen LogP contribution in [0.4, 0.5) is 5.69 Å². The van der Waals surface area contributed by atoms with E-state index in [0.717, 1.165) is 10.9 Å². The minimum absolute atomic E-state index is 0.171. The van der Waals surface area contributed by atoms with Gasteiger partial charge in [-0.3, -0.25) is 4.79 Å². The monoisotopic (exact) mass is 374 g/mol. The number of hydrogen-bond donors (Lipinski definition) is 1. The summed E-state index contributed by atoms with van der Waals surface area (Å²) in [5, 5.41) is 5.60. The van der Waals surface area contributed by atoms with Crippen molar-refractivity contribution in [1.82, 2.24) is 4.98 Å². The molecule has 0 aliphatic rings. The van der Waals surface area contributed by atoms with Crippen LogP contribution < -0.4 is 10.1 Å². The number of thiophene rings is 1. The zero-order valence-electron chi connectivity index (χ0n) is 14.1. The van der Waals surface area contributed by atoms with Crippen molar-refractivity contribution in [3.63, 3.8) is 0 Å². The van der Waals surface area contributed by atoms with Gasteiger partial charge in [0.15, 0.2) is 0 Å². The molecule has 27 heavy (non-hydrogen) atoms. The largest absolute Gasteiger partial charge is 0.422 e. The summed E-state index contributed by atoms with van der Waals surface area (Å²) >= 11 is 1.37. The smallest absolute Gasteiger partial charge is 0.362 e. The zero-order chi connectivity index (χ0) is 18.6. The number of rotatable bonds is 4. The second-order valence-electron chi connectivity index (χ2n) is 5.73. The van der Waals surface area contributed by atoms with E-state index in [0.29, 0.717) is 16.3 Å². The standard InChI is InChI=1S/C21H14N2O3S/c24-20(19-6-3-13-27-19)22-15-8-10-16(11-9-15)26-21(25)18-12-7-14-4-1-2-5-17(14)23-18/h1-13H,(H,22,24). The first-order chi connectivity index (χ1) is 13.2. The number of carbonyl (C=O) groups excluding carboxylic acids is 2. The molecule has 0 bridgehead atoms. The molecular formula is C21H14N2O3S. The topological polar surface area (TPSA) is 68.3 Å². The number of benzene rings is 2. The normalized spacial score (nSPS) is 10.5. The van der Waals surface area contributed by atoms with Gasteiger partial charge in [0.1, 0.15) is 11.4 Å². The number of para-hydroxylation sites is 1. The van der Waals surface area contributed by atoms with Gasteiger partial charge in [0.2, 0.25) is 0 Å². The predicted octanol–water partition coefficient (Wildman–Crippen LogP) is 4.77. The van der Waals surface area contributed by atoms with Crippen LogP contribution in [0.15, 0.2) is 78.2 Å². The SMILES string of the molecule is O=C(Oc1ccc(NC(=O)c2cccs2)cc1)c1ccc2ccccc2n1. The van der Waals surface area contributed by atoms with Gasteiger partial charge >= 0.3 is 5.97 Å². The number of carbonyl (C=O) groups is 2. The Morgan fingerprint density at radius 1 is 0.889 bits per heavy atom. The van der Waals surface area contributed by atoms with Gasteiger partial charge in [-0.15, -0.1) is 11.3 Å². The molecule has 1 amide bonds. The third-order valence-corrected chi connectivity index (χ3v) is 4.74. The Labute approximate surface area is 159 Å². The molecule has 0 saturated carbocycles. The molecule has 0 saturated heterocycles. The summed E-state index contributed by atoms with van der Waals surface area (Å²) in [7, 11) is 0. The summed E-state index contributed by atoms with van der Waals surface area (Å²) in [6.07, 6.45) is 0. The van der Waals surface area contributed by atoms with Crippen LogP contribution in [0, 0.1) is 0 Å². The Morgan fingerprint density at radius 3 is 2.48 bits per heavy atom.